The quantitative estimate of drug-likeness (QED) is 0.773. The normalized spacial score (nSPS) is 23.6. The van der Waals surface area contributed by atoms with Gasteiger partial charge in [-0.3, -0.25) is 14.2 Å². The van der Waals surface area contributed by atoms with Gasteiger partial charge in [-0.2, -0.15) is 0 Å². The molecular formula is C19H29N3O2S. The van der Waals surface area contributed by atoms with Gasteiger partial charge in [0.1, 0.15) is 0 Å². The lowest BCUT2D eigenvalue weighted by Crippen LogP contribution is -2.44. The first-order chi connectivity index (χ1) is 11.8. The van der Waals surface area contributed by atoms with Crippen LogP contribution in [-0.2, 0) is 10.2 Å². The molecule has 1 amide bonds. The lowest BCUT2D eigenvalue weighted by Gasteiger charge is -2.36. The zero-order valence-electron chi connectivity index (χ0n) is 15.7. The van der Waals surface area contributed by atoms with Crippen molar-refractivity contribution in [1.82, 2.24) is 14.5 Å². The Labute approximate surface area is 154 Å². The molecule has 25 heavy (non-hydrogen) atoms. The van der Waals surface area contributed by atoms with Crippen LogP contribution >= 0.6 is 11.8 Å². The van der Waals surface area contributed by atoms with E-state index in [1.54, 1.807) is 22.4 Å². The van der Waals surface area contributed by atoms with Crippen LogP contribution in [0, 0.1) is 0 Å². The van der Waals surface area contributed by atoms with Crippen LogP contribution in [-0.4, -0.2) is 38.7 Å². The lowest BCUT2D eigenvalue weighted by molar-refractivity contribution is -0.135. The maximum absolute atomic E-state index is 12.9. The second-order valence-electron chi connectivity index (χ2n) is 8.20. The Morgan fingerprint density at radius 2 is 2.08 bits per heavy atom. The fourth-order valence-electron chi connectivity index (χ4n) is 3.76. The van der Waals surface area contributed by atoms with Crippen LogP contribution in [0.15, 0.2) is 16.0 Å². The zero-order chi connectivity index (χ0) is 18.2. The molecule has 0 radical (unpaired) electrons. The van der Waals surface area contributed by atoms with Gasteiger partial charge in [0, 0.05) is 36.2 Å². The van der Waals surface area contributed by atoms with E-state index in [4.69, 9.17) is 0 Å². The SMILES string of the molecule is CCC1CCCCN1C(=O)CC1CSc2nc(C(C)(C)C)cc(=O)n21. The Kier molecular flexibility index (Phi) is 5.28. The van der Waals surface area contributed by atoms with E-state index in [1.807, 2.05) is 4.90 Å². The number of piperidine rings is 1. The molecule has 1 aromatic rings. The molecule has 3 heterocycles. The zero-order valence-corrected chi connectivity index (χ0v) is 16.6. The number of fused-ring (bicyclic) bond motifs is 1. The number of amides is 1. The first-order valence-electron chi connectivity index (χ1n) is 9.37. The third-order valence-corrected chi connectivity index (χ3v) is 6.38. The number of likely N-dealkylation sites (tertiary alicyclic amines) is 1. The fourth-order valence-corrected chi connectivity index (χ4v) is 4.91. The van der Waals surface area contributed by atoms with Gasteiger partial charge in [-0.25, -0.2) is 4.98 Å². The van der Waals surface area contributed by atoms with E-state index < -0.39 is 0 Å². The van der Waals surface area contributed by atoms with Crippen molar-refractivity contribution in [3.8, 4) is 0 Å². The van der Waals surface area contributed by atoms with E-state index in [0.29, 0.717) is 12.5 Å². The average Bonchev–Trinajstić information content (AvgIpc) is 2.97. The summed E-state index contributed by atoms with van der Waals surface area (Å²) in [5.41, 5.74) is 0.652. The summed E-state index contributed by atoms with van der Waals surface area (Å²) in [4.78, 5) is 32.2. The Bertz CT molecular complexity index is 708. The molecule has 0 bridgehead atoms. The minimum absolute atomic E-state index is 0.0246. The molecule has 138 valence electrons. The summed E-state index contributed by atoms with van der Waals surface area (Å²) in [6.07, 6.45) is 4.83. The molecule has 1 fully saturated rings. The summed E-state index contributed by atoms with van der Waals surface area (Å²) < 4.78 is 1.74. The third kappa shape index (κ3) is 3.78. The number of hydrogen-bond acceptors (Lipinski definition) is 4. The number of hydrogen-bond donors (Lipinski definition) is 0. The lowest BCUT2D eigenvalue weighted by atomic mass is 9.92. The Hall–Kier alpha value is -1.30. The summed E-state index contributed by atoms with van der Waals surface area (Å²) in [6.45, 7) is 9.20. The fraction of sp³-hybridized carbons (Fsp3) is 0.737. The van der Waals surface area contributed by atoms with Crippen LogP contribution in [0.25, 0.3) is 0 Å². The van der Waals surface area contributed by atoms with Crippen molar-refractivity contribution in [3.63, 3.8) is 0 Å². The first-order valence-corrected chi connectivity index (χ1v) is 10.4. The van der Waals surface area contributed by atoms with Crippen molar-refractivity contribution < 1.29 is 4.79 Å². The molecule has 2 aliphatic rings. The molecule has 2 atom stereocenters. The summed E-state index contributed by atoms with van der Waals surface area (Å²) in [7, 11) is 0. The minimum atomic E-state index is -0.147. The highest BCUT2D eigenvalue weighted by atomic mass is 32.2. The third-order valence-electron chi connectivity index (χ3n) is 5.29. The second kappa shape index (κ2) is 7.14. The summed E-state index contributed by atoms with van der Waals surface area (Å²) in [5.74, 6) is 0.948. The molecule has 3 rings (SSSR count). The molecule has 1 saturated heterocycles. The van der Waals surface area contributed by atoms with Crippen molar-refractivity contribution in [2.75, 3.05) is 12.3 Å². The smallest absolute Gasteiger partial charge is 0.254 e. The van der Waals surface area contributed by atoms with E-state index in [0.717, 1.165) is 42.4 Å². The van der Waals surface area contributed by atoms with Gasteiger partial charge in [0.2, 0.25) is 5.91 Å². The maximum Gasteiger partial charge on any atom is 0.254 e. The number of carbonyl (C=O) groups excluding carboxylic acids is 1. The highest BCUT2D eigenvalue weighted by Gasteiger charge is 2.32. The topological polar surface area (TPSA) is 55.2 Å². The summed E-state index contributed by atoms with van der Waals surface area (Å²) in [6, 6.07) is 1.94. The predicted octanol–water partition coefficient (Wildman–Crippen LogP) is 3.37. The predicted molar refractivity (Wildman–Crippen MR) is 101 cm³/mol. The van der Waals surface area contributed by atoms with Gasteiger partial charge in [0.05, 0.1) is 11.7 Å². The standard InChI is InChI=1S/C19H29N3O2S/c1-5-13-8-6-7-9-21(13)16(23)10-14-12-25-18-20-15(19(2,3)4)11-17(24)22(14)18/h11,13-14H,5-10,12H2,1-4H3. The molecule has 6 heteroatoms. The highest BCUT2D eigenvalue weighted by molar-refractivity contribution is 7.99. The first kappa shape index (κ1) is 18.5. The molecule has 0 saturated carbocycles. The number of nitrogens with zero attached hydrogens (tertiary/aromatic N) is 3. The Balaban J connectivity index is 1.79. The monoisotopic (exact) mass is 363 g/mol. The van der Waals surface area contributed by atoms with Gasteiger partial charge in [-0.15, -0.1) is 0 Å². The van der Waals surface area contributed by atoms with Crippen LogP contribution < -0.4 is 5.56 Å². The van der Waals surface area contributed by atoms with Crippen molar-refractivity contribution in [1.29, 1.82) is 0 Å². The number of rotatable bonds is 3. The molecular weight excluding hydrogens is 334 g/mol. The molecule has 0 N–H and O–H groups in total. The van der Waals surface area contributed by atoms with Gasteiger partial charge in [0.25, 0.3) is 5.56 Å². The van der Waals surface area contributed by atoms with E-state index in [2.05, 4.69) is 32.7 Å². The van der Waals surface area contributed by atoms with E-state index in [-0.39, 0.29) is 22.9 Å². The molecule has 1 aromatic heterocycles. The Morgan fingerprint density at radius 1 is 1.32 bits per heavy atom. The highest BCUT2D eigenvalue weighted by Crippen LogP contribution is 2.34. The minimum Gasteiger partial charge on any atom is -0.340 e. The molecule has 0 spiro atoms. The number of carbonyl (C=O) groups is 1. The van der Waals surface area contributed by atoms with Crippen molar-refractivity contribution >= 4 is 17.7 Å². The molecule has 2 unspecified atom stereocenters. The van der Waals surface area contributed by atoms with Crippen molar-refractivity contribution in [2.24, 2.45) is 0 Å². The number of thioether (sulfide) groups is 1. The van der Waals surface area contributed by atoms with Crippen LogP contribution in [0.3, 0.4) is 0 Å². The van der Waals surface area contributed by atoms with E-state index in [1.165, 1.54) is 6.42 Å². The number of aromatic nitrogens is 2. The van der Waals surface area contributed by atoms with Gasteiger partial charge in [0.15, 0.2) is 5.16 Å². The van der Waals surface area contributed by atoms with E-state index in [9.17, 15) is 9.59 Å². The maximum atomic E-state index is 12.9. The average molecular weight is 364 g/mol. The summed E-state index contributed by atoms with van der Waals surface area (Å²) in [5, 5.41) is 0.765. The summed E-state index contributed by atoms with van der Waals surface area (Å²) >= 11 is 1.60. The van der Waals surface area contributed by atoms with Crippen molar-refractivity contribution in [3.05, 3.63) is 22.1 Å². The molecule has 2 aliphatic heterocycles. The van der Waals surface area contributed by atoms with Crippen LogP contribution in [0.4, 0.5) is 0 Å². The molecule has 0 aromatic carbocycles. The van der Waals surface area contributed by atoms with Gasteiger partial charge in [-0.05, 0) is 25.7 Å². The largest absolute Gasteiger partial charge is 0.340 e. The van der Waals surface area contributed by atoms with E-state index >= 15 is 0 Å². The Morgan fingerprint density at radius 3 is 2.76 bits per heavy atom. The second-order valence-corrected chi connectivity index (χ2v) is 9.18. The van der Waals surface area contributed by atoms with Gasteiger partial charge >= 0.3 is 0 Å². The van der Waals surface area contributed by atoms with Crippen LogP contribution in [0.1, 0.15) is 71.5 Å². The van der Waals surface area contributed by atoms with Crippen LogP contribution in [0.5, 0.6) is 0 Å². The van der Waals surface area contributed by atoms with Crippen LogP contribution in [0.2, 0.25) is 0 Å². The molecule has 0 aliphatic carbocycles. The van der Waals surface area contributed by atoms with Crippen molar-refractivity contribution in [2.45, 2.75) is 82.5 Å². The van der Waals surface area contributed by atoms with Gasteiger partial charge < -0.3 is 4.90 Å². The molecule has 5 nitrogen and oxygen atoms in total. The van der Waals surface area contributed by atoms with Gasteiger partial charge in [-0.1, -0.05) is 39.5 Å².